The van der Waals surface area contributed by atoms with Crippen LogP contribution in [0.2, 0.25) is 0 Å². The maximum atomic E-state index is 13.1. The van der Waals surface area contributed by atoms with Crippen LogP contribution < -0.4 is 21.3 Å². The summed E-state index contributed by atoms with van der Waals surface area (Å²) in [5.41, 5.74) is 6.21. The van der Waals surface area contributed by atoms with Crippen LogP contribution in [-0.2, 0) is 9.22 Å². The van der Waals surface area contributed by atoms with Crippen molar-refractivity contribution in [2.45, 2.75) is 26.3 Å². The number of nitrogens with two attached hydrogens (primary N) is 1. The van der Waals surface area contributed by atoms with Gasteiger partial charge < -0.3 is 10.2 Å². The quantitative estimate of drug-likeness (QED) is 0.499. The number of hydrogen-bond donors (Lipinski definition) is 1. The molecule has 0 spiro atoms. The maximum absolute atomic E-state index is 13.1. The number of carbonyl (C=O) groups excluding carboxylic acids is 1. The van der Waals surface area contributed by atoms with E-state index in [-0.39, 0.29) is 5.97 Å². The topological polar surface area (TPSA) is 52.3 Å². The lowest BCUT2D eigenvalue weighted by atomic mass is 10.1. The van der Waals surface area contributed by atoms with Gasteiger partial charge in [0.2, 0.25) is 0 Å². The molecule has 0 amide bonds. The lowest BCUT2D eigenvalue weighted by Crippen LogP contribution is -2.70. The fourth-order valence-corrected chi connectivity index (χ4v) is 7.32. The van der Waals surface area contributed by atoms with Crippen LogP contribution in [0.3, 0.4) is 0 Å². The molecule has 0 radical (unpaired) electrons. The van der Waals surface area contributed by atoms with Gasteiger partial charge in [0.15, 0.2) is 0 Å². The average molecular weight is 390 g/mol. The Morgan fingerprint density at radius 3 is 1.46 bits per heavy atom. The van der Waals surface area contributed by atoms with Crippen molar-refractivity contribution in [2.75, 3.05) is 0 Å². The van der Waals surface area contributed by atoms with Gasteiger partial charge in [-0.3, -0.25) is 4.79 Å². The molecule has 1 atom stereocenters. The second-order valence-electron chi connectivity index (χ2n) is 7.44. The zero-order valence-corrected chi connectivity index (χ0v) is 17.4. The number of hydrogen-bond acceptors (Lipinski definition) is 3. The third kappa shape index (κ3) is 4.24. The van der Waals surface area contributed by atoms with Crippen molar-refractivity contribution in [1.29, 1.82) is 0 Å². The first-order chi connectivity index (χ1) is 13.5. The summed E-state index contributed by atoms with van der Waals surface area (Å²) >= 11 is 0. The van der Waals surface area contributed by atoms with E-state index in [1.165, 1.54) is 0 Å². The zero-order chi connectivity index (χ0) is 20.0. The van der Waals surface area contributed by atoms with Crippen LogP contribution in [0.4, 0.5) is 0 Å². The maximum Gasteiger partial charge on any atom is 0.350 e. The highest BCUT2D eigenvalue weighted by molar-refractivity contribution is 7.07. The van der Waals surface area contributed by atoms with Gasteiger partial charge in [-0.1, -0.05) is 105 Å². The van der Waals surface area contributed by atoms with Gasteiger partial charge in [0, 0.05) is 0 Å². The molecule has 3 rings (SSSR count). The molecule has 0 unspecified atom stereocenters. The molecule has 3 aromatic carbocycles. The molecule has 0 fully saturated rings. The second-order valence-corrected chi connectivity index (χ2v) is 10.7. The van der Waals surface area contributed by atoms with E-state index in [1.54, 1.807) is 0 Å². The van der Waals surface area contributed by atoms with E-state index in [1.807, 2.05) is 91.0 Å². The van der Waals surface area contributed by atoms with Crippen LogP contribution in [0.5, 0.6) is 0 Å². The predicted octanol–water partition coefficient (Wildman–Crippen LogP) is 2.57. The summed E-state index contributed by atoms with van der Waals surface area (Å²) in [5.74, 6) is -0.0132. The Balaban J connectivity index is 2.18. The molecule has 0 saturated heterocycles. The van der Waals surface area contributed by atoms with E-state index in [9.17, 15) is 4.79 Å². The molecule has 0 aliphatic heterocycles. The summed E-state index contributed by atoms with van der Waals surface area (Å²) < 4.78 is 6.43. The third-order valence-electron chi connectivity index (χ3n) is 4.82. The van der Waals surface area contributed by atoms with Crippen LogP contribution in [-0.4, -0.2) is 20.3 Å². The minimum Gasteiger partial charge on any atom is -0.504 e. The molecule has 0 saturated carbocycles. The van der Waals surface area contributed by atoms with Crippen molar-refractivity contribution in [2.24, 2.45) is 11.7 Å². The molecule has 0 aliphatic rings. The van der Waals surface area contributed by atoms with Gasteiger partial charge in [-0.05, 0) is 27.9 Å². The second kappa shape index (κ2) is 9.00. The van der Waals surface area contributed by atoms with Crippen LogP contribution >= 0.6 is 0 Å². The first-order valence-corrected chi connectivity index (χ1v) is 11.6. The van der Waals surface area contributed by atoms with E-state index >= 15 is 0 Å². The summed E-state index contributed by atoms with van der Waals surface area (Å²) in [5, 5.41) is 3.08. The Bertz CT molecular complexity index is 786. The Labute approximate surface area is 168 Å². The molecule has 2 N–H and O–H groups in total. The van der Waals surface area contributed by atoms with Crippen molar-refractivity contribution in [3.8, 4) is 0 Å². The van der Waals surface area contributed by atoms with Crippen molar-refractivity contribution in [1.82, 2.24) is 0 Å². The highest BCUT2D eigenvalue weighted by atomic mass is 28.4. The fraction of sp³-hybridized carbons (Fsp3) is 0.208. The van der Waals surface area contributed by atoms with E-state index < -0.39 is 14.4 Å². The summed E-state index contributed by atoms with van der Waals surface area (Å²) in [6, 6.07) is 29.5. The first-order valence-electron chi connectivity index (χ1n) is 9.69. The van der Waals surface area contributed by atoms with Crippen molar-refractivity contribution < 1.29 is 9.22 Å². The van der Waals surface area contributed by atoms with Gasteiger partial charge in [0.1, 0.15) is 6.04 Å². The molecule has 0 bridgehead atoms. The number of benzene rings is 3. The van der Waals surface area contributed by atoms with E-state index in [4.69, 9.17) is 10.2 Å². The molecule has 28 heavy (non-hydrogen) atoms. The molecule has 3 nitrogen and oxygen atoms in total. The highest BCUT2D eigenvalue weighted by Gasteiger charge is 2.45. The van der Waals surface area contributed by atoms with Crippen molar-refractivity contribution in [3.63, 3.8) is 0 Å². The predicted molar refractivity (Wildman–Crippen MR) is 118 cm³/mol. The van der Waals surface area contributed by atoms with Gasteiger partial charge in [-0.25, -0.2) is 0 Å². The van der Waals surface area contributed by atoms with Gasteiger partial charge >= 0.3 is 14.3 Å². The molecule has 0 heterocycles. The highest BCUT2D eigenvalue weighted by Crippen LogP contribution is 2.13. The minimum atomic E-state index is -3.03. The van der Waals surface area contributed by atoms with E-state index in [2.05, 4.69) is 13.8 Å². The van der Waals surface area contributed by atoms with Gasteiger partial charge in [-0.15, -0.1) is 0 Å². The Morgan fingerprint density at radius 2 is 1.14 bits per heavy atom. The molecule has 144 valence electrons. The van der Waals surface area contributed by atoms with Crippen molar-refractivity contribution in [3.05, 3.63) is 91.0 Å². The monoisotopic (exact) mass is 389 g/mol. The summed E-state index contributed by atoms with van der Waals surface area (Å²) in [6.07, 6.45) is 0.599. The molecule has 3 aromatic rings. The van der Waals surface area contributed by atoms with Gasteiger partial charge in [-0.2, -0.15) is 0 Å². The minimum absolute atomic E-state index is 0.323. The smallest absolute Gasteiger partial charge is 0.350 e. The lowest BCUT2D eigenvalue weighted by molar-refractivity contribution is -0.136. The molecular formula is C24H27NO2Si. The largest absolute Gasteiger partial charge is 0.504 e. The normalized spacial score (nSPS) is 12.6. The standard InChI is InChI=1S/C24H27NO2Si/c1-19(2)18-23(25)24(26)27-28(20-12-6-3-7-13-20,21-14-8-4-9-15-21)22-16-10-5-11-17-22/h3-17,19,23H,18,25H2,1-2H3/t23-/m0/s1. The summed E-state index contributed by atoms with van der Waals surface area (Å²) in [6.45, 7) is 4.12. The van der Waals surface area contributed by atoms with Crippen molar-refractivity contribution >= 4 is 29.8 Å². The van der Waals surface area contributed by atoms with Crippen LogP contribution in [0, 0.1) is 5.92 Å². The average Bonchev–Trinajstić information content (AvgIpc) is 2.73. The molecule has 0 aromatic heterocycles. The Hall–Kier alpha value is -2.69. The fourth-order valence-electron chi connectivity index (χ4n) is 3.53. The van der Waals surface area contributed by atoms with Gasteiger partial charge in [0.05, 0.1) is 0 Å². The van der Waals surface area contributed by atoms with Crippen LogP contribution in [0.1, 0.15) is 20.3 Å². The molecular weight excluding hydrogens is 362 g/mol. The summed E-state index contributed by atoms with van der Waals surface area (Å²) in [7, 11) is -3.03. The molecule has 4 heteroatoms. The van der Waals surface area contributed by atoms with E-state index in [0.29, 0.717) is 12.3 Å². The van der Waals surface area contributed by atoms with Crippen LogP contribution in [0.25, 0.3) is 0 Å². The number of carbonyl (C=O) groups is 1. The Morgan fingerprint density at radius 1 is 0.786 bits per heavy atom. The lowest BCUT2D eigenvalue weighted by Gasteiger charge is -2.33. The SMILES string of the molecule is CC(C)C[C@H](N)C(=O)O[Si](c1ccccc1)(c1ccccc1)c1ccccc1. The van der Waals surface area contributed by atoms with Gasteiger partial charge in [0.25, 0.3) is 0 Å². The Kier molecular flexibility index (Phi) is 6.44. The summed E-state index contributed by atoms with van der Waals surface area (Å²) in [4.78, 5) is 13.1. The number of rotatable bonds is 7. The zero-order valence-electron chi connectivity index (χ0n) is 16.4. The first kappa shape index (κ1) is 20.1. The third-order valence-corrected chi connectivity index (χ3v) is 8.77. The molecule has 0 aliphatic carbocycles. The van der Waals surface area contributed by atoms with Crippen LogP contribution in [0.15, 0.2) is 91.0 Å². The van der Waals surface area contributed by atoms with E-state index in [0.717, 1.165) is 15.6 Å².